The van der Waals surface area contributed by atoms with Gasteiger partial charge in [0.1, 0.15) is 0 Å². The molecule has 0 bridgehead atoms. The predicted octanol–water partition coefficient (Wildman–Crippen LogP) is 2.21. The Balaban J connectivity index is 1.47. The number of carbonyl (C=O) groups is 2. The van der Waals surface area contributed by atoms with Crippen LogP contribution in [0.3, 0.4) is 0 Å². The van der Waals surface area contributed by atoms with Crippen LogP contribution in [0.15, 0.2) is 60.4 Å². The Morgan fingerprint density at radius 2 is 1.74 bits per heavy atom. The van der Waals surface area contributed by atoms with Gasteiger partial charge in [0.05, 0.1) is 12.3 Å². The first-order chi connectivity index (χ1) is 15.1. The van der Waals surface area contributed by atoms with E-state index in [1.165, 1.54) is 0 Å². The average Bonchev–Trinajstić information content (AvgIpc) is 2.79. The molecule has 1 fully saturated rings. The lowest BCUT2D eigenvalue weighted by Gasteiger charge is -2.33. The van der Waals surface area contributed by atoms with E-state index in [1.807, 2.05) is 36.4 Å². The minimum absolute atomic E-state index is 0.0494. The van der Waals surface area contributed by atoms with Crippen molar-refractivity contribution in [2.45, 2.75) is 0 Å². The summed E-state index contributed by atoms with van der Waals surface area (Å²) in [7, 11) is 0. The maximum absolute atomic E-state index is 12.6. The molecule has 0 aromatic heterocycles. The first-order valence-electron chi connectivity index (χ1n) is 10.3. The van der Waals surface area contributed by atoms with E-state index in [-0.39, 0.29) is 24.2 Å². The normalized spacial score (nSPS) is 18.0. The Labute approximate surface area is 181 Å². The van der Waals surface area contributed by atoms with Crippen molar-refractivity contribution in [1.29, 1.82) is 0 Å². The molecule has 2 aromatic carbocycles. The minimum atomic E-state index is -0.311. The van der Waals surface area contributed by atoms with E-state index >= 15 is 0 Å². The van der Waals surface area contributed by atoms with Gasteiger partial charge in [0.25, 0.3) is 5.91 Å². The Morgan fingerprint density at radius 3 is 2.52 bits per heavy atom. The molecule has 0 spiro atoms. The molecule has 31 heavy (non-hydrogen) atoms. The largest absolute Gasteiger partial charge is 0.449 e. The number of aliphatic hydroxyl groups is 1. The van der Waals surface area contributed by atoms with Crippen LogP contribution in [-0.4, -0.2) is 66.1 Å². The van der Waals surface area contributed by atoms with Gasteiger partial charge in [0, 0.05) is 38.8 Å². The van der Waals surface area contributed by atoms with E-state index < -0.39 is 0 Å². The summed E-state index contributed by atoms with van der Waals surface area (Å²) in [6.07, 6.45) is 5.02. The van der Waals surface area contributed by atoms with Crippen LogP contribution in [0.25, 0.3) is 12.2 Å². The number of carbonyl (C=O) groups excluding carboxylic acids is 2. The predicted molar refractivity (Wildman–Crippen MR) is 119 cm³/mol. The van der Waals surface area contributed by atoms with Gasteiger partial charge in [-0.3, -0.25) is 14.5 Å². The Bertz CT molecular complexity index is 1020. The van der Waals surface area contributed by atoms with Gasteiger partial charge in [-0.25, -0.2) is 0 Å². The van der Waals surface area contributed by atoms with Crippen molar-refractivity contribution in [1.82, 2.24) is 9.80 Å². The molecule has 2 aromatic rings. The van der Waals surface area contributed by atoms with Crippen molar-refractivity contribution >= 4 is 29.7 Å². The zero-order valence-corrected chi connectivity index (χ0v) is 17.2. The number of hydrogen-bond donors (Lipinski definition) is 2. The maximum atomic E-state index is 12.6. The third kappa shape index (κ3) is 5.02. The molecule has 7 heteroatoms. The molecule has 0 saturated carbocycles. The summed E-state index contributed by atoms with van der Waals surface area (Å²) >= 11 is 0. The summed E-state index contributed by atoms with van der Waals surface area (Å²) in [6, 6.07) is 14.8. The number of para-hydroxylation sites is 2. The van der Waals surface area contributed by atoms with E-state index in [4.69, 9.17) is 9.84 Å². The molecule has 2 amide bonds. The summed E-state index contributed by atoms with van der Waals surface area (Å²) in [5.74, 6) is 0.434. The van der Waals surface area contributed by atoms with Gasteiger partial charge < -0.3 is 20.1 Å². The second kappa shape index (κ2) is 9.59. The van der Waals surface area contributed by atoms with Gasteiger partial charge in [0.2, 0.25) is 5.91 Å². The fourth-order valence-corrected chi connectivity index (χ4v) is 3.64. The highest BCUT2D eigenvalue weighted by molar-refractivity contribution is 6.08. The molecule has 0 atom stereocenters. The van der Waals surface area contributed by atoms with Gasteiger partial charge in [-0.2, -0.15) is 0 Å². The number of amides is 2. The van der Waals surface area contributed by atoms with Crippen molar-refractivity contribution in [2.75, 3.05) is 44.6 Å². The first kappa shape index (κ1) is 20.8. The molecule has 0 radical (unpaired) electrons. The lowest BCUT2D eigenvalue weighted by atomic mass is 10.1. The number of piperazine rings is 1. The molecule has 2 aliphatic rings. The molecular formula is C24H25N3O4. The monoisotopic (exact) mass is 419 g/mol. The number of ether oxygens (including phenoxy) is 1. The highest BCUT2D eigenvalue weighted by Crippen LogP contribution is 2.31. The topological polar surface area (TPSA) is 82.1 Å². The summed E-state index contributed by atoms with van der Waals surface area (Å²) in [4.78, 5) is 29.0. The molecule has 2 aliphatic heterocycles. The number of fused-ring (bicyclic) bond motifs is 1. The molecule has 1 saturated heterocycles. The standard InChI is InChI=1S/C24H25N3O4/c28-16-15-26-11-13-27(14-12-26)23(29)10-9-18-5-1-2-6-19(18)17-22-24(30)25-20-7-3-4-8-21(20)31-22/h1-10,17,28H,11-16H2,(H,25,30)/b10-9+,22-17-. The van der Waals surface area contributed by atoms with Crippen molar-refractivity contribution in [3.8, 4) is 5.75 Å². The Morgan fingerprint density at radius 1 is 1.03 bits per heavy atom. The van der Waals surface area contributed by atoms with Crippen molar-refractivity contribution in [3.05, 3.63) is 71.5 Å². The SMILES string of the molecule is O=C1Nc2ccccc2O/C1=C\c1ccccc1/C=C/C(=O)N1CCN(CCO)CC1. The quantitative estimate of drug-likeness (QED) is 0.727. The number of benzene rings is 2. The molecule has 0 unspecified atom stereocenters. The number of β-amino-alcohol motifs (C(OH)–C–C–N with tert-alkyl or cyclic N) is 1. The van der Waals surface area contributed by atoms with Crippen LogP contribution in [0.4, 0.5) is 5.69 Å². The molecule has 4 rings (SSSR count). The number of aliphatic hydroxyl groups excluding tert-OH is 1. The van der Waals surface area contributed by atoms with E-state index in [9.17, 15) is 9.59 Å². The van der Waals surface area contributed by atoms with E-state index in [1.54, 1.807) is 35.3 Å². The maximum Gasteiger partial charge on any atom is 0.291 e. The average molecular weight is 419 g/mol. The van der Waals surface area contributed by atoms with Crippen LogP contribution in [-0.2, 0) is 9.59 Å². The van der Waals surface area contributed by atoms with Crippen LogP contribution in [0, 0.1) is 0 Å². The van der Waals surface area contributed by atoms with Crippen LogP contribution in [0.1, 0.15) is 11.1 Å². The van der Waals surface area contributed by atoms with Crippen molar-refractivity contribution in [2.24, 2.45) is 0 Å². The lowest BCUT2D eigenvalue weighted by Crippen LogP contribution is -2.48. The fourth-order valence-electron chi connectivity index (χ4n) is 3.64. The number of nitrogens with one attached hydrogen (secondary N) is 1. The third-order valence-corrected chi connectivity index (χ3v) is 5.37. The van der Waals surface area contributed by atoms with Gasteiger partial charge in [-0.1, -0.05) is 36.4 Å². The van der Waals surface area contributed by atoms with Gasteiger partial charge in [-0.05, 0) is 35.4 Å². The van der Waals surface area contributed by atoms with Crippen LogP contribution in [0.2, 0.25) is 0 Å². The first-order valence-corrected chi connectivity index (χ1v) is 10.3. The van der Waals surface area contributed by atoms with Gasteiger partial charge in [0.15, 0.2) is 11.5 Å². The van der Waals surface area contributed by atoms with E-state index in [0.717, 1.165) is 24.2 Å². The summed E-state index contributed by atoms with van der Waals surface area (Å²) < 4.78 is 5.78. The van der Waals surface area contributed by atoms with E-state index in [2.05, 4.69) is 10.2 Å². The summed E-state index contributed by atoms with van der Waals surface area (Å²) in [5, 5.41) is 11.9. The molecule has 160 valence electrons. The second-order valence-electron chi connectivity index (χ2n) is 7.41. The molecule has 2 heterocycles. The van der Waals surface area contributed by atoms with Crippen molar-refractivity contribution < 1.29 is 19.4 Å². The number of nitrogens with zero attached hydrogens (tertiary/aromatic N) is 2. The highest BCUT2D eigenvalue weighted by atomic mass is 16.5. The summed E-state index contributed by atoms with van der Waals surface area (Å²) in [5.41, 5.74) is 2.24. The van der Waals surface area contributed by atoms with Gasteiger partial charge >= 0.3 is 0 Å². The van der Waals surface area contributed by atoms with E-state index in [0.29, 0.717) is 31.1 Å². The van der Waals surface area contributed by atoms with Crippen LogP contribution < -0.4 is 10.1 Å². The van der Waals surface area contributed by atoms with Gasteiger partial charge in [-0.15, -0.1) is 0 Å². The van der Waals surface area contributed by atoms with Crippen LogP contribution >= 0.6 is 0 Å². The number of rotatable bonds is 5. The second-order valence-corrected chi connectivity index (χ2v) is 7.41. The van der Waals surface area contributed by atoms with Crippen molar-refractivity contribution in [3.63, 3.8) is 0 Å². The number of hydrogen-bond acceptors (Lipinski definition) is 5. The fraction of sp³-hybridized carbons (Fsp3) is 0.250. The summed E-state index contributed by atoms with van der Waals surface area (Å²) in [6.45, 7) is 3.57. The third-order valence-electron chi connectivity index (χ3n) is 5.37. The minimum Gasteiger partial charge on any atom is -0.449 e. The number of anilines is 1. The Kier molecular flexibility index (Phi) is 6.45. The smallest absolute Gasteiger partial charge is 0.291 e. The Hall–Kier alpha value is -3.42. The molecule has 2 N–H and O–H groups in total. The lowest BCUT2D eigenvalue weighted by molar-refractivity contribution is -0.127. The molecular weight excluding hydrogens is 394 g/mol. The van der Waals surface area contributed by atoms with Crippen LogP contribution in [0.5, 0.6) is 5.75 Å². The zero-order valence-electron chi connectivity index (χ0n) is 17.2. The molecule has 0 aliphatic carbocycles. The highest BCUT2D eigenvalue weighted by Gasteiger charge is 2.22. The zero-order chi connectivity index (χ0) is 21.6. The molecule has 7 nitrogen and oxygen atoms in total.